The fraction of sp³-hybridized carbons (Fsp3) is 0.500. The van der Waals surface area contributed by atoms with E-state index in [1.807, 2.05) is 11.3 Å². The third kappa shape index (κ3) is 2.77. The summed E-state index contributed by atoms with van der Waals surface area (Å²) in [5.74, 6) is 0. The van der Waals surface area contributed by atoms with Crippen molar-refractivity contribution in [1.82, 2.24) is 10.3 Å². The van der Waals surface area contributed by atoms with Crippen LogP contribution in [0.4, 0.5) is 0 Å². The standard InChI is InChI=1S/C18H24N2S/c1-5-19-15-7-6-8-16-17(15)21-18(20-16)14-10-12(3)11(2)9-13(14)4/h9-10,15,19H,5-8H2,1-4H3. The van der Waals surface area contributed by atoms with Crippen LogP contribution in [0.3, 0.4) is 0 Å². The van der Waals surface area contributed by atoms with Crippen LogP contribution in [0.1, 0.15) is 53.1 Å². The van der Waals surface area contributed by atoms with Gasteiger partial charge in [-0.15, -0.1) is 11.3 Å². The Morgan fingerprint density at radius 1 is 1.19 bits per heavy atom. The molecular weight excluding hydrogens is 276 g/mol. The van der Waals surface area contributed by atoms with Crippen LogP contribution < -0.4 is 5.32 Å². The number of benzene rings is 1. The number of hydrogen-bond acceptors (Lipinski definition) is 3. The van der Waals surface area contributed by atoms with E-state index in [1.165, 1.54) is 50.7 Å². The van der Waals surface area contributed by atoms with Gasteiger partial charge in [-0.1, -0.05) is 13.0 Å². The molecule has 21 heavy (non-hydrogen) atoms. The molecule has 1 heterocycles. The van der Waals surface area contributed by atoms with Gasteiger partial charge < -0.3 is 5.32 Å². The zero-order chi connectivity index (χ0) is 15.0. The molecule has 2 nitrogen and oxygen atoms in total. The molecule has 1 N–H and O–H groups in total. The zero-order valence-electron chi connectivity index (χ0n) is 13.4. The van der Waals surface area contributed by atoms with Gasteiger partial charge >= 0.3 is 0 Å². The van der Waals surface area contributed by atoms with E-state index in [9.17, 15) is 0 Å². The number of nitrogens with one attached hydrogen (secondary N) is 1. The number of aryl methyl sites for hydroxylation is 4. The average molecular weight is 300 g/mol. The first-order valence-electron chi connectivity index (χ1n) is 7.91. The Morgan fingerprint density at radius 2 is 1.95 bits per heavy atom. The zero-order valence-corrected chi connectivity index (χ0v) is 14.2. The fourth-order valence-electron chi connectivity index (χ4n) is 3.17. The summed E-state index contributed by atoms with van der Waals surface area (Å²) < 4.78 is 0. The number of thiazole rings is 1. The van der Waals surface area contributed by atoms with Crippen LogP contribution in [-0.2, 0) is 6.42 Å². The molecule has 0 bridgehead atoms. The van der Waals surface area contributed by atoms with Crippen molar-refractivity contribution in [1.29, 1.82) is 0 Å². The average Bonchev–Trinajstić information content (AvgIpc) is 2.88. The highest BCUT2D eigenvalue weighted by Crippen LogP contribution is 2.39. The first kappa shape index (κ1) is 14.7. The molecule has 0 radical (unpaired) electrons. The lowest BCUT2D eigenvalue weighted by Crippen LogP contribution is -2.23. The summed E-state index contributed by atoms with van der Waals surface area (Å²) in [6, 6.07) is 5.10. The third-order valence-electron chi connectivity index (χ3n) is 4.47. The van der Waals surface area contributed by atoms with Gasteiger partial charge in [0.25, 0.3) is 0 Å². The molecule has 0 fully saturated rings. The molecule has 1 atom stereocenters. The molecule has 3 heteroatoms. The fourth-order valence-corrected chi connectivity index (χ4v) is 4.47. The minimum atomic E-state index is 0.511. The molecule has 3 rings (SSSR count). The van der Waals surface area contributed by atoms with Crippen molar-refractivity contribution in [2.45, 2.75) is 53.0 Å². The molecule has 1 aliphatic rings. The Morgan fingerprint density at radius 3 is 2.71 bits per heavy atom. The van der Waals surface area contributed by atoms with Crippen LogP contribution in [0.5, 0.6) is 0 Å². The molecule has 1 aromatic carbocycles. The largest absolute Gasteiger partial charge is 0.309 e. The molecule has 112 valence electrons. The Balaban J connectivity index is 2.03. The van der Waals surface area contributed by atoms with E-state index in [0.29, 0.717) is 6.04 Å². The van der Waals surface area contributed by atoms with Gasteiger partial charge in [-0.25, -0.2) is 4.98 Å². The minimum absolute atomic E-state index is 0.511. The van der Waals surface area contributed by atoms with E-state index in [0.717, 1.165) is 13.0 Å². The van der Waals surface area contributed by atoms with Crippen molar-refractivity contribution in [3.05, 3.63) is 39.4 Å². The highest BCUT2D eigenvalue weighted by molar-refractivity contribution is 7.15. The van der Waals surface area contributed by atoms with Gasteiger partial charge in [-0.2, -0.15) is 0 Å². The van der Waals surface area contributed by atoms with Crippen molar-refractivity contribution in [2.75, 3.05) is 6.54 Å². The van der Waals surface area contributed by atoms with Crippen LogP contribution >= 0.6 is 11.3 Å². The lowest BCUT2D eigenvalue weighted by atomic mass is 9.98. The topological polar surface area (TPSA) is 24.9 Å². The van der Waals surface area contributed by atoms with E-state index in [1.54, 1.807) is 0 Å². The number of rotatable bonds is 3. The van der Waals surface area contributed by atoms with Gasteiger partial charge in [0.2, 0.25) is 0 Å². The highest BCUT2D eigenvalue weighted by atomic mass is 32.1. The second kappa shape index (κ2) is 5.90. The summed E-state index contributed by atoms with van der Waals surface area (Å²) in [5.41, 5.74) is 6.69. The van der Waals surface area contributed by atoms with Crippen molar-refractivity contribution in [3.63, 3.8) is 0 Å². The second-order valence-corrected chi connectivity index (χ2v) is 7.11. The minimum Gasteiger partial charge on any atom is -0.309 e. The molecule has 0 amide bonds. The Bertz CT molecular complexity index is 657. The smallest absolute Gasteiger partial charge is 0.124 e. The van der Waals surface area contributed by atoms with Crippen LogP contribution in [0, 0.1) is 20.8 Å². The lowest BCUT2D eigenvalue weighted by Gasteiger charge is -2.21. The number of fused-ring (bicyclic) bond motifs is 1. The van der Waals surface area contributed by atoms with E-state index in [4.69, 9.17) is 4.98 Å². The summed E-state index contributed by atoms with van der Waals surface area (Å²) in [7, 11) is 0. The molecule has 0 saturated carbocycles. The first-order chi connectivity index (χ1) is 10.1. The van der Waals surface area contributed by atoms with Gasteiger partial charge in [0.1, 0.15) is 5.01 Å². The van der Waals surface area contributed by atoms with E-state index < -0.39 is 0 Å². The number of nitrogens with zero attached hydrogens (tertiary/aromatic N) is 1. The van der Waals surface area contributed by atoms with Gasteiger partial charge in [0.05, 0.1) is 5.69 Å². The van der Waals surface area contributed by atoms with Crippen LogP contribution in [0.25, 0.3) is 10.6 Å². The lowest BCUT2D eigenvalue weighted by molar-refractivity contribution is 0.476. The number of aromatic nitrogens is 1. The van der Waals surface area contributed by atoms with Crippen LogP contribution in [-0.4, -0.2) is 11.5 Å². The molecule has 0 saturated heterocycles. The van der Waals surface area contributed by atoms with Gasteiger partial charge in [0, 0.05) is 16.5 Å². The van der Waals surface area contributed by atoms with Gasteiger partial charge in [-0.3, -0.25) is 0 Å². The monoisotopic (exact) mass is 300 g/mol. The predicted octanol–water partition coefficient (Wildman–Crippen LogP) is 4.72. The predicted molar refractivity (Wildman–Crippen MR) is 91.1 cm³/mol. The molecule has 2 aromatic rings. The maximum atomic E-state index is 4.96. The molecule has 0 spiro atoms. The Hall–Kier alpha value is -1.19. The second-order valence-electron chi connectivity index (χ2n) is 6.08. The van der Waals surface area contributed by atoms with E-state index in [-0.39, 0.29) is 0 Å². The van der Waals surface area contributed by atoms with Crippen molar-refractivity contribution >= 4 is 11.3 Å². The maximum absolute atomic E-state index is 4.96. The maximum Gasteiger partial charge on any atom is 0.124 e. The van der Waals surface area contributed by atoms with Crippen molar-refractivity contribution in [2.24, 2.45) is 0 Å². The van der Waals surface area contributed by atoms with Gasteiger partial charge in [0.15, 0.2) is 0 Å². The molecular formula is C18H24N2S. The summed E-state index contributed by atoms with van der Waals surface area (Å²) in [6.07, 6.45) is 3.63. The quantitative estimate of drug-likeness (QED) is 0.887. The Kier molecular flexibility index (Phi) is 4.14. The molecule has 1 aromatic heterocycles. The number of hydrogen-bond donors (Lipinski definition) is 1. The third-order valence-corrected chi connectivity index (χ3v) is 5.72. The SMILES string of the molecule is CCNC1CCCc2nc(-c3cc(C)c(C)cc3C)sc21. The van der Waals surface area contributed by atoms with E-state index in [2.05, 4.69) is 45.1 Å². The molecule has 0 aliphatic heterocycles. The summed E-state index contributed by atoms with van der Waals surface area (Å²) >= 11 is 1.89. The van der Waals surface area contributed by atoms with E-state index >= 15 is 0 Å². The summed E-state index contributed by atoms with van der Waals surface area (Å²) in [4.78, 5) is 6.43. The van der Waals surface area contributed by atoms with Crippen molar-refractivity contribution < 1.29 is 0 Å². The normalized spacial score (nSPS) is 17.8. The Labute approximate surface area is 131 Å². The molecule has 1 aliphatic carbocycles. The summed E-state index contributed by atoms with van der Waals surface area (Å²) in [6.45, 7) is 9.78. The van der Waals surface area contributed by atoms with Crippen molar-refractivity contribution in [3.8, 4) is 10.6 Å². The van der Waals surface area contributed by atoms with Crippen LogP contribution in [0.15, 0.2) is 12.1 Å². The van der Waals surface area contributed by atoms with Crippen LogP contribution in [0.2, 0.25) is 0 Å². The first-order valence-corrected chi connectivity index (χ1v) is 8.73. The molecule has 1 unspecified atom stereocenters. The highest BCUT2D eigenvalue weighted by Gasteiger charge is 2.24. The van der Waals surface area contributed by atoms with Gasteiger partial charge in [-0.05, 0) is 69.3 Å². The summed E-state index contributed by atoms with van der Waals surface area (Å²) in [5, 5.41) is 4.81.